The third-order valence-electron chi connectivity index (χ3n) is 4.24. The first-order chi connectivity index (χ1) is 13.6. The predicted octanol–water partition coefficient (Wildman–Crippen LogP) is 4.04. The van der Waals surface area contributed by atoms with Crippen LogP contribution in [0.4, 0.5) is 5.69 Å². The van der Waals surface area contributed by atoms with E-state index >= 15 is 0 Å². The topological polar surface area (TPSA) is 108 Å². The molecule has 0 aliphatic carbocycles. The maximum absolute atomic E-state index is 12.8. The second-order valence-electron chi connectivity index (χ2n) is 6.48. The highest BCUT2D eigenvalue weighted by molar-refractivity contribution is 7.89. The van der Waals surface area contributed by atoms with Gasteiger partial charge in [-0.2, -0.15) is 0 Å². The zero-order valence-electron chi connectivity index (χ0n) is 16.8. The number of ether oxygens (including phenoxy) is 2. The first-order valence-electron chi connectivity index (χ1n) is 9.13. The fourth-order valence-electron chi connectivity index (χ4n) is 2.62. The van der Waals surface area contributed by atoms with Gasteiger partial charge in [0.2, 0.25) is 10.0 Å². The minimum absolute atomic E-state index is 0.0766. The van der Waals surface area contributed by atoms with Crippen LogP contribution in [0.25, 0.3) is 0 Å². The summed E-state index contributed by atoms with van der Waals surface area (Å²) in [6.45, 7) is 8.13. The molecule has 0 fully saturated rings. The average molecular weight is 441 g/mol. The van der Waals surface area contributed by atoms with Crippen LogP contribution in [0, 0.1) is 13.8 Å². The monoisotopic (exact) mass is 440 g/mol. The quantitative estimate of drug-likeness (QED) is 0.643. The molecule has 0 saturated heterocycles. The smallest absolute Gasteiger partial charge is 0.255 e. The van der Waals surface area contributed by atoms with E-state index in [-0.39, 0.29) is 15.5 Å². The molecule has 0 aliphatic heterocycles. The van der Waals surface area contributed by atoms with Crippen molar-refractivity contribution >= 4 is 33.2 Å². The van der Waals surface area contributed by atoms with Crippen molar-refractivity contribution in [1.82, 2.24) is 0 Å². The number of anilines is 1. The Morgan fingerprint density at radius 3 is 2.41 bits per heavy atom. The summed E-state index contributed by atoms with van der Waals surface area (Å²) in [6.07, 6.45) is 0.795. The first-order valence-corrected chi connectivity index (χ1v) is 11.0. The number of hydrogen-bond donors (Lipinski definition) is 2. The number of aryl methyl sites for hydroxylation is 1. The Morgan fingerprint density at radius 2 is 1.83 bits per heavy atom. The van der Waals surface area contributed by atoms with Crippen LogP contribution in [0.15, 0.2) is 29.2 Å². The van der Waals surface area contributed by atoms with E-state index in [0.29, 0.717) is 36.0 Å². The highest BCUT2D eigenvalue weighted by Gasteiger charge is 2.19. The molecule has 0 atom stereocenters. The first kappa shape index (κ1) is 23.0. The fourth-order valence-corrected chi connectivity index (χ4v) is 3.51. The summed E-state index contributed by atoms with van der Waals surface area (Å²) in [5.74, 6) is 0.281. The van der Waals surface area contributed by atoms with Gasteiger partial charge in [0.1, 0.15) is 0 Å². The van der Waals surface area contributed by atoms with Crippen molar-refractivity contribution in [2.75, 3.05) is 18.5 Å². The van der Waals surface area contributed by atoms with Crippen molar-refractivity contribution in [1.29, 1.82) is 0 Å². The van der Waals surface area contributed by atoms with Crippen LogP contribution in [0.2, 0.25) is 5.02 Å². The molecule has 0 unspecified atom stereocenters. The molecule has 7 nitrogen and oxygen atoms in total. The number of sulfonamides is 1. The Kier molecular flexibility index (Phi) is 7.51. The Labute approximate surface area is 176 Å². The molecule has 2 rings (SSSR count). The van der Waals surface area contributed by atoms with Crippen molar-refractivity contribution < 1.29 is 22.7 Å². The van der Waals surface area contributed by atoms with E-state index in [4.69, 9.17) is 26.2 Å². The van der Waals surface area contributed by atoms with E-state index in [2.05, 4.69) is 5.32 Å². The largest absolute Gasteiger partial charge is 0.490 e. The van der Waals surface area contributed by atoms with E-state index in [1.165, 1.54) is 18.2 Å². The molecule has 1 amide bonds. The van der Waals surface area contributed by atoms with Crippen LogP contribution >= 0.6 is 11.6 Å². The van der Waals surface area contributed by atoms with Crippen LogP contribution in [0.3, 0.4) is 0 Å². The minimum atomic E-state index is -3.91. The summed E-state index contributed by atoms with van der Waals surface area (Å²) in [4.78, 5) is 12.7. The van der Waals surface area contributed by atoms with Gasteiger partial charge in [-0.15, -0.1) is 0 Å². The van der Waals surface area contributed by atoms with Gasteiger partial charge in [-0.05, 0) is 62.6 Å². The van der Waals surface area contributed by atoms with E-state index in [0.717, 1.165) is 12.0 Å². The van der Waals surface area contributed by atoms with Gasteiger partial charge < -0.3 is 14.8 Å². The summed E-state index contributed by atoms with van der Waals surface area (Å²) in [5, 5.41) is 8.20. The lowest BCUT2D eigenvalue weighted by molar-refractivity contribution is 0.102. The Hall–Kier alpha value is -2.29. The number of rotatable bonds is 8. The SMILES string of the molecule is CCCOc1c(Cl)cc(C(=O)Nc2cc(S(N)(=O)=O)cc(C)c2C)cc1OCC. The minimum Gasteiger partial charge on any atom is -0.490 e. The summed E-state index contributed by atoms with van der Waals surface area (Å²) >= 11 is 6.31. The number of amides is 1. The van der Waals surface area contributed by atoms with E-state index in [1.54, 1.807) is 19.9 Å². The zero-order chi connectivity index (χ0) is 21.8. The fraction of sp³-hybridized carbons (Fsp3) is 0.350. The Morgan fingerprint density at radius 1 is 1.14 bits per heavy atom. The number of hydrogen-bond acceptors (Lipinski definition) is 5. The maximum atomic E-state index is 12.8. The van der Waals surface area contributed by atoms with Crippen LogP contribution < -0.4 is 19.9 Å². The summed E-state index contributed by atoms with van der Waals surface area (Å²) in [5.41, 5.74) is 2.01. The number of primary sulfonamides is 1. The Balaban J connectivity index is 2.42. The zero-order valence-corrected chi connectivity index (χ0v) is 18.4. The molecule has 158 valence electrons. The third-order valence-corrected chi connectivity index (χ3v) is 5.41. The Bertz CT molecular complexity index is 1020. The molecule has 0 aromatic heterocycles. The highest BCUT2D eigenvalue weighted by Crippen LogP contribution is 2.37. The van der Waals surface area contributed by atoms with Gasteiger partial charge in [0.15, 0.2) is 11.5 Å². The van der Waals surface area contributed by atoms with E-state index < -0.39 is 15.9 Å². The summed E-state index contributed by atoms with van der Waals surface area (Å²) in [7, 11) is -3.91. The van der Waals surface area contributed by atoms with Gasteiger partial charge in [-0.3, -0.25) is 4.79 Å². The lowest BCUT2D eigenvalue weighted by atomic mass is 10.1. The second-order valence-corrected chi connectivity index (χ2v) is 8.45. The van der Waals surface area contributed by atoms with Crippen LogP contribution in [0.1, 0.15) is 41.8 Å². The molecule has 0 aliphatic rings. The molecule has 3 N–H and O–H groups in total. The molecule has 0 heterocycles. The molecule has 2 aromatic carbocycles. The highest BCUT2D eigenvalue weighted by atomic mass is 35.5. The average Bonchev–Trinajstić information content (AvgIpc) is 2.63. The third kappa shape index (κ3) is 5.62. The van der Waals surface area contributed by atoms with Crippen molar-refractivity contribution in [2.45, 2.75) is 39.0 Å². The van der Waals surface area contributed by atoms with Crippen LogP contribution in [0.5, 0.6) is 11.5 Å². The molecule has 2 aromatic rings. The lowest BCUT2D eigenvalue weighted by Crippen LogP contribution is -2.16. The number of benzene rings is 2. The van der Waals surface area contributed by atoms with Crippen molar-refractivity contribution in [3.8, 4) is 11.5 Å². The number of carbonyl (C=O) groups is 1. The van der Waals surface area contributed by atoms with Crippen LogP contribution in [-0.2, 0) is 10.0 Å². The molecular formula is C20H25ClN2O5S. The van der Waals surface area contributed by atoms with Gasteiger partial charge >= 0.3 is 0 Å². The van der Waals surface area contributed by atoms with Crippen molar-refractivity contribution in [3.05, 3.63) is 46.0 Å². The normalized spacial score (nSPS) is 11.2. The van der Waals surface area contributed by atoms with Crippen molar-refractivity contribution in [3.63, 3.8) is 0 Å². The van der Waals surface area contributed by atoms with Gasteiger partial charge in [0, 0.05) is 11.3 Å². The standard InChI is InChI=1S/C20H25ClN2O5S/c1-5-7-28-19-16(21)9-14(10-18(19)27-6-2)20(24)23-17-11-15(29(22,25)26)8-12(3)13(17)4/h8-11H,5-7H2,1-4H3,(H,23,24)(H2,22,25,26). The van der Waals surface area contributed by atoms with Gasteiger partial charge in [0.25, 0.3) is 5.91 Å². The number of halogens is 1. The molecule has 0 radical (unpaired) electrons. The second kappa shape index (κ2) is 9.47. The number of nitrogens with two attached hydrogens (primary N) is 1. The van der Waals surface area contributed by atoms with E-state index in [9.17, 15) is 13.2 Å². The number of carbonyl (C=O) groups excluding carboxylic acids is 1. The van der Waals surface area contributed by atoms with Gasteiger partial charge in [-0.1, -0.05) is 18.5 Å². The molecular weight excluding hydrogens is 416 g/mol. The number of nitrogens with one attached hydrogen (secondary N) is 1. The van der Waals surface area contributed by atoms with Gasteiger partial charge in [-0.25, -0.2) is 13.6 Å². The molecule has 0 saturated carbocycles. The lowest BCUT2D eigenvalue weighted by Gasteiger charge is -2.16. The van der Waals surface area contributed by atoms with E-state index in [1.807, 2.05) is 13.8 Å². The molecule has 0 spiro atoms. The maximum Gasteiger partial charge on any atom is 0.255 e. The summed E-state index contributed by atoms with van der Waals surface area (Å²) < 4.78 is 34.6. The molecule has 29 heavy (non-hydrogen) atoms. The molecule has 0 bridgehead atoms. The predicted molar refractivity (Wildman–Crippen MR) is 114 cm³/mol. The van der Waals surface area contributed by atoms with Gasteiger partial charge in [0.05, 0.1) is 23.1 Å². The molecule has 9 heteroatoms. The van der Waals surface area contributed by atoms with Crippen molar-refractivity contribution in [2.24, 2.45) is 5.14 Å². The van der Waals surface area contributed by atoms with Crippen LogP contribution in [-0.4, -0.2) is 27.5 Å². The summed E-state index contributed by atoms with van der Waals surface area (Å²) in [6, 6.07) is 5.82.